The fourth-order valence-corrected chi connectivity index (χ4v) is 0.427. The molecule has 0 unspecified atom stereocenters. The van der Waals surface area contributed by atoms with Crippen LogP contribution in [0.2, 0.25) is 0 Å². The summed E-state index contributed by atoms with van der Waals surface area (Å²) in [6.07, 6.45) is 0.531. The second-order valence-corrected chi connectivity index (χ2v) is 2.04. The highest BCUT2D eigenvalue weighted by Gasteiger charge is 2.07. The van der Waals surface area contributed by atoms with Crippen molar-refractivity contribution in [3.05, 3.63) is 12.2 Å². The Morgan fingerprint density at radius 3 is 2.45 bits per heavy atom. The summed E-state index contributed by atoms with van der Waals surface area (Å²) in [7, 11) is 0. The fraction of sp³-hybridized carbons (Fsp3) is 0.429. The molecule has 0 saturated heterocycles. The molecule has 4 nitrogen and oxygen atoms in total. The average Bonchev–Trinajstić information content (AvgIpc) is 2.02. The van der Waals surface area contributed by atoms with Crippen molar-refractivity contribution in [2.24, 2.45) is 5.73 Å². The molecule has 0 spiro atoms. The minimum Gasteiger partial charge on any atom is -0.322 e. The van der Waals surface area contributed by atoms with Crippen LogP contribution in [0.4, 0.5) is 0 Å². The number of rotatable bonds is 3. The summed E-state index contributed by atoms with van der Waals surface area (Å²) in [6, 6.07) is 0. The average molecular weight is 156 g/mol. The van der Waals surface area contributed by atoms with Crippen LogP contribution in [-0.4, -0.2) is 18.4 Å². The van der Waals surface area contributed by atoms with E-state index in [0.717, 1.165) is 0 Å². The van der Waals surface area contributed by atoms with Gasteiger partial charge in [0.25, 0.3) is 5.91 Å². The Bertz CT molecular complexity index is 187. The lowest BCUT2D eigenvalue weighted by Crippen LogP contribution is -2.35. The highest BCUT2D eigenvalue weighted by Crippen LogP contribution is 1.94. The van der Waals surface area contributed by atoms with Crippen molar-refractivity contribution in [2.45, 2.75) is 13.3 Å². The van der Waals surface area contributed by atoms with E-state index in [2.05, 4.69) is 11.9 Å². The van der Waals surface area contributed by atoms with Gasteiger partial charge in [-0.2, -0.15) is 0 Å². The summed E-state index contributed by atoms with van der Waals surface area (Å²) in [5.74, 6) is -0.924. The second kappa shape index (κ2) is 4.62. The van der Waals surface area contributed by atoms with Crippen LogP contribution in [0.25, 0.3) is 0 Å². The van der Waals surface area contributed by atoms with Crippen molar-refractivity contribution in [3.63, 3.8) is 0 Å². The zero-order valence-corrected chi connectivity index (χ0v) is 6.52. The first-order valence-electron chi connectivity index (χ1n) is 3.33. The molecular weight excluding hydrogens is 144 g/mol. The summed E-state index contributed by atoms with van der Waals surface area (Å²) in [6.45, 7) is 5.06. The molecule has 0 aromatic rings. The van der Waals surface area contributed by atoms with Gasteiger partial charge in [0.15, 0.2) is 0 Å². The minimum atomic E-state index is -0.482. The van der Waals surface area contributed by atoms with Gasteiger partial charge in [0.1, 0.15) is 0 Å². The third kappa shape index (κ3) is 3.52. The number of hydrogen-bond acceptors (Lipinski definition) is 3. The SMILES string of the molecule is C=C(CC)C(=O)NC(=O)CN. The third-order valence-corrected chi connectivity index (χ3v) is 1.19. The van der Waals surface area contributed by atoms with Gasteiger partial charge < -0.3 is 5.73 Å². The third-order valence-electron chi connectivity index (χ3n) is 1.19. The van der Waals surface area contributed by atoms with E-state index < -0.39 is 11.8 Å². The Kier molecular flexibility index (Phi) is 4.14. The number of nitrogens with one attached hydrogen (secondary N) is 1. The highest BCUT2D eigenvalue weighted by molar-refractivity contribution is 6.04. The lowest BCUT2D eigenvalue weighted by molar-refractivity contribution is -0.127. The van der Waals surface area contributed by atoms with E-state index in [0.29, 0.717) is 12.0 Å². The van der Waals surface area contributed by atoms with E-state index in [1.165, 1.54) is 0 Å². The predicted octanol–water partition coefficient (Wildman–Crippen LogP) is -0.446. The largest absolute Gasteiger partial charge is 0.322 e. The lowest BCUT2D eigenvalue weighted by Gasteiger charge is -2.01. The molecule has 0 fully saturated rings. The van der Waals surface area contributed by atoms with E-state index in [-0.39, 0.29) is 6.54 Å². The molecule has 0 bridgehead atoms. The topological polar surface area (TPSA) is 72.2 Å². The molecule has 0 aromatic carbocycles. The first-order valence-corrected chi connectivity index (χ1v) is 3.33. The molecule has 0 aliphatic rings. The number of amides is 2. The summed E-state index contributed by atoms with van der Waals surface area (Å²) in [5.41, 5.74) is 5.35. The van der Waals surface area contributed by atoms with Crippen LogP contribution in [0.5, 0.6) is 0 Å². The molecule has 62 valence electrons. The van der Waals surface area contributed by atoms with Crippen LogP contribution in [0.3, 0.4) is 0 Å². The molecular formula is C7H12N2O2. The molecule has 0 rings (SSSR count). The normalized spacial score (nSPS) is 8.91. The molecule has 0 aliphatic carbocycles. The summed E-state index contributed by atoms with van der Waals surface area (Å²) < 4.78 is 0. The quantitative estimate of drug-likeness (QED) is 0.544. The number of hydrogen-bond donors (Lipinski definition) is 2. The molecule has 4 heteroatoms. The Morgan fingerprint density at radius 2 is 2.09 bits per heavy atom. The second-order valence-electron chi connectivity index (χ2n) is 2.04. The van der Waals surface area contributed by atoms with Crippen LogP contribution in [0, 0.1) is 0 Å². The van der Waals surface area contributed by atoms with Crippen molar-refractivity contribution >= 4 is 11.8 Å². The van der Waals surface area contributed by atoms with Crippen LogP contribution in [0.15, 0.2) is 12.2 Å². The smallest absolute Gasteiger partial charge is 0.253 e. The van der Waals surface area contributed by atoms with E-state index >= 15 is 0 Å². The number of imide groups is 1. The first kappa shape index (κ1) is 9.84. The molecule has 2 amide bonds. The molecule has 3 N–H and O–H groups in total. The fourth-order valence-electron chi connectivity index (χ4n) is 0.427. The van der Waals surface area contributed by atoms with Crippen molar-refractivity contribution in [3.8, 4) is 0 Å². The maximum atomic E-state index is 10.9. The van der Waals surface area contributed by atoms with Crippen LogP contribution >= 0.6 is 0 Å². The maximum Gasteiger partial charge on any atom is 0.253 e. The summed E-state index contributed by atoms with van der Waals surface area (Å²) >= 11 is 0. The molecule has 0 aliphatic heterocycles. The van der Waals surface area contributed by atoms with Gasteiger partial charge in [-0.25, -0.2) is 0 Å². The minimum absolute atomic E-state index is 0.178. The van der Waals surface area contributed by atoms with Crippen LogP contribution in [0.1, 0.15) is 13.3 Å². The molecule has 0 aromatic heterocycles. The van der Waals surface area contributed by atoms with Gasteiger partial charge in [0.05, 0.1) is 6.54 Å². The van der Waals surface area contributed by atoms with Crippen LogP contribution < -0.4 is 11.1 Å². The Hall–Kier alpha value is -1.16. The van der Waals surface area contributed by atoms with E-state index in [9.17, 15) is 9.59 Å². The summed E-state index contributed by atoms with van der Waals surface area (Å²) in [4.78, 5) is 21.4. The van der Waals surface area contributed by atoms with Gasteiger partial charge in [-0.15, -0.1) is 0 Å². The molecule has 0 radical (unpaired) electrons. The van der Waals surface area contributed by atoms with Crippen molar-refractivity contribution in [2.75, 3.05) is 6.54 Å². The monoisotopic (exact) mass is 156 g/mol. The van der Waals surface area contributed by atoms with E-state index in [4.69, 9.17) is 5.73 Å². The highest BCUT2D eigenvalue weighted by atomic mass is 16.2. The Morgan fingerprint density at radius 1 is 1.55 bits per heavy atom. The zero-order valence-electron chi connectivity index (χ0n) is 6.52. The van der Waals surface area contributed by atoms with Crippen molar-refractivity contribution < 1.29 is 9.59 Å². The van der Waals surface area contributed by atoms with E-state index in [1.807, 2.05) is 0 Å². The first-order chi connectivity index (χ1) is 5.11. The molecule has 0 atom stereocenters. The van der Waals surface area contributed by atoms with Gasteiger partial charge in [-0.3, -0.25) is 14.9 Å². The van der Waals surface area contributed by atoms with Crippen molar-refractivity contribution in [1.29, 1.82) is 0 Å². The Balaban J connectivity index is 3.88. The van der Waals surface area contributed by atoms with E-state index in [1.54, 1.807) is 6.92 Å². The Labute approximate surface area is 65.5 Å². The lowest BCUT2D eigenvalue weighted by atomic mass is 10.2. The number of carbonyl (C=O) groups is 2. The van der Waals surface area contributed by atoms with Gasteiger partial charge >= 0.3 is 0 Å². The number of carbonyl (C=O) groups excluding carboxylic acids is 2. The predicted molar refractivity (Wildman–Crippen MR) is 41.6 cm³/mol. The maximum absolute atomic E-state index is 10.9. The van der Waals surface area contributed by atoms with Gasteiger partial charge in [0.2, 0.25) is 5.91 Å². The summed E-state index contributed by atoms with van der Waals surface area (Å²) in [5, 5.41) is 2.08. The van der Waals surface area contributed by atoms with Gasteiger partial charge in [-0.1, -0.05) is 13.5 Å². The van der Waals surface area contributed by atoms with Gasteiger partial charge in [0, 0.05) is 5.57 Å². The van der Waals surface area contributed by atoms with Crippen LogP contribution in [-0.2, 0) is 9.59 Å². The number of nitrogens with two attached hydrogens (primary N) is 1. The molecule has 11 heavy (non-hydrogen) atoms. The standard InChI is InChI=1S/C7H12N2O2/c1-3-5(2)7(11)9-6(10)4-8/h2-4,8H2,1H3,(H,9,10,11). The van der Waals surface area contributed by atoms with Crippen molar-refractivity contribution in [1.82, 2.24) is 5.32 Å². The molecule has 0 saturated carbocycles. The van der Waals surface area contributed by atoms with Gasteiger partial charge in [-0.05, 0) is 6.42 Å². The molecule has 0 heterocycles. The zero-order chi connectivity index (χ0) is 8.85.